The molecule has 0 unspecified atom stereocenters. The number of aromatic carboxylic acids is 1. The van der Waals surface area contributed by atoms with Crippen molar-refractivity contribution in [2.45, 2.75) is 51.4 Å². The van der Waals surface area contributed by atoms with E-state index in [4.69, 9.17) is 5.11 Å². The number of allylic oxidation sites excluding steroid dienone is 2. The van der Waals surface area contributed by atoms with Crippen LogP contribution in [0, 0.1) is 5.41 Å². The summed E-state index contributed by atoms with van der Waals surface area (Å²) in [7, 11) is 0. The van der Waals surface area contributed by atoms with E-state index in [-0.39, 0.29) is 16.8 Å². The van der Waals surface area contributed by atoms with Crippen molar-refractivity contribution in [2.75, 3.05) is 0 Å². The summed E-state index contributed by atoms with van der Waals surface area (Å²) in [5.41, 5.74) is 2.44. The monoisotopic (exact) mass is 298 g/mol. The fourth-order valence-electron chi connectivity index (χ4n) is 4.02. The van der Waals surface area contributed by atoms with Gasteiger partial charge in [0.2, 0.25) is 0 Å². The molecule has 0 amide bonds. The van der Waals surface area contributed by atoms with Gasteiger partial charge in [0.1, 0.15) is 0 Å². The number of benzene rings is 1. The average molecular weight is 298 g/mol. The van der Waals surface area contributed by atoms with Gasteiger partial charge in [-0.05, 0) is 56.1 Å². The third-order valence-electron chi connectivity index (χ3n) is 5.24. The molecular weight excluding hydrogens is 276 g/mol. The molecule has 0 bridgehead atoms. The van der Waals surface area contributed by atoms with Gasteiger partial charge in [-0.3, -0.25) is 4.79 Å². The van der Waals surface area contributed by atoms with Crippen LogP contribution in [0.25, 0.3) is 0 Å². The van der Waals surface area contributed by atoms with Crippen molar-refractivity contribution < 1.29 is 14.7 Å². The summed E-state index contributed by atoms with van der Waals surface area (Å²) in [6.07, 6.45) is 11.1. The number of ketones is 1. The molecule has 0 saturated heterocycles. The van der Waals surface area contributed by atoms with Crippen LogP contribution in [0.2, 0.25) is 0 Å². The number of Topliss-reactive ketones (excluding diaryl/α,β-unsaturated/α-hetero) is 1. The minimum atomic E-state index is -0.956. The van der Waals surface area contributed by atoms with Crippen molar-refractivity contribution in [2.24, 2.45) is 5.41 Å². The summed E-state index contributed by atoms with van der Waals surface area (Å²) < 4.78 is 0. The first-order valence-electron chi connectivity index (χ1n) is 8.17. The molecule has 22 heavy (non-hydrogen) atoms. The number of hydrogen-bond acceptors (Lipinski definition) is 2. The lowest BCUT2D eigenvalue weighted by Gasteiger charge is -2.42. The molecule has 1 fully saturated rings. The molecule has 1 atom stereocenters. The Morgan fingerprint density at radius 3 is 2.41 bits per heavy atom. The zero-order valence-electron chi connectivity index (χ0n) is 12.8. The van der Waals surface area contributed by atoms with Crippen molar-refractivity contribution in [3.05, 3.63) is 47.0 Å². The highest BCUT2D eigenvalue weighted by atomic mass is 16.4. The fraction of sp³-hybridized carbons (Fsp3) is 0.474. The van der Waals surface area contributed by atoms with Crippen LogP contribution in [0.5, 0.6) is 0 Å². The van der Waals surface area contributed by atoms with Crippen molar-refractivity contribution in [3.8, 4) is 0 Å². The minimum Gasteiger partial charge on any atom is -0.478 e. The number of carboxylic acids is 1. The van der Waals surface area contributed by atoms with E-state index in [1.807, 2.05) is 0 Å². The fourth-order valence-corrected chi connectivity index (χ4v) is 4.02. The van der Waals surface area contributed by atoms with E-state index in [2.05, 4.69) is 6.08 Å². The average Bonchev–Trinajstić information content (AvgIpc) is 2.54. The van der Waals surface area contributed by atoms with Crippen molar-refractivity contribution >= 4 is 11.8 Å². The predicted octanol–water partition coefficient (Wildman–Crippen LogP) is 4.63. The van der Waals surface area contributed by atoms with Crippen molar-refractivity contribution in [3.63, 3.8) is 0 Å². The van der Waals surface area contributed by atoms with Gasteiger partial charge in [0.05, 0.1) is 5.56 Å². The number of carbonyl (C=O) groups excluding carboxylic acids is 1. The molecule has 3 nitrogen and oxygen atoms in total. The number of fused-ring (bicyclic) bond motifs is 1. The second-order valence-corrected chi connectivity index (χ2v) is 6.59. The largest absolute Gasteiger partial charge is 0.478 e. The summed E-state index contributed by atoms with van der Waals surface area (Å²) in [4.78, 5) is 23.6. The van der Waals surface area contributed by atoms with E-state index >= 15 is 0 Å². The van der Waals surface area contributed by atoms with Crippen LogP contribution in [0.3, 0.4) is 0 Å². The molecule has 1 aromatic carbocycles. The first-order chi connectivity index (χ1) is 10.6. The summed E-state index contributed by atoms with van der Waals surface area (Å²) in [5.74, 6) is -0.811. The van der Waals surface area contributed by atoms with Gasteiger partial charge in [-0.25, -0.2) is 4.79 Å². The first kappa shape index (κ1) is 15.0. The van der Waals surface area contributed by atoms with Gasteiger partial charge in [-0.1, -0.05) is 30.2 Å². The maximum Gasteiger partial charge on any atom is 0.335 e. The Morgan fingerprint density at radius 2 is 1.68 bits per heavy atom. The molecule has 2 aliphatic rings. The van der Waals surface area contributed by atoms with Crippen LogP contribution < -0.4 is 0 Å². The lowest BCUT2D eigenvalue weighted by atomic mass is 9.62. The quantitative estimate of drug-likeness (QED) is 0.651. The normalized spacial score (nSPS) is 24.3. The molecule has 1 aromatic rings. The topological polar surface area (TPSA) is 54.4 Å². The molecule has 0 aromatic heterocycles. The van der Waals surface area contributed by atoms with Gasteiger partial charge in [0.25, 0.3) is 0 Å². The third kappa shape index (κ3) is 2.85. The van der Waals surface area contributed by atoms with Gasteiger partial charge >= 0.3 is 5.97 Å². The molecule has 3 heteroatoms. The van der Waals surface area contributed by atoms with Gasteiger partial charge < -0.3 is 5.11 Å². The predicted molar refractivity (Wildman–Crippen MR) is 85.2 cm³/mol. The molecule has 3 rings (SSSR count). The Hall–Kier alpha value is -1.90. The van der Waals surface area contributed by atoms with Crippen LogP contribution in [-0.4, -0.2) is 16.9 Å². The SMILES string of the molecule is O=C(O)c1ccc(C(=O)C[C@@]23CCCC=C2CCCC3)cc1. The highest BCUT2D eigenvalue weighted by Crippen LogP contribution is 2.50. The van der Waals surface area contributed by atoms with Crippen LogP contribution in [0.15, 0.2) is 35.9 Å². The van der Waals surface area contributed by atoms with E-state index in [9.17, 15) is 9.59 Å². The molecule has 1 N–H and O–H groups in total. The number of carboxylic acid groups (broad SMARTS) is 1. The maximum absolute atomic E-state index is 12.7. The summed E-state index contributed by atoms with van der Waals surface area (Å²) in [6, 6.07) is 6.34. The Bertz CT molecular complexity index is 612. The van der Waals surface area contributed by atoms with Gasteiger partial charge in [0, 0.05) is 12.0 Å². The molecule has 2 aliphatic carbocycles. The molecule has 0 aliphatic heterocycles. The Labute approximate surface area is 131 Å². The lowest BCUT2D eigenvalue weighted by molar-refractivity contribution is 0.0696. The van der Waals surface area contributed by atoms with E-state index in [0.717, 1.165) is 25.7 Å². The van der Waals surface area contributed by atoms with E-state index < -0.39 is 5.97 Å². The Kier molecular flexibility index (Phi) is 4.14. The van der Waals surface area contributed by atoms with E-state index in [1.54, 1.807) is 12.1 Å². The zero-order valence-corrected chi connectivity index (χ0v) is 12.8. The smallest absolute Gasteiger partial charge is 0.335 e. The van der Waals surface area contributed by atoms with Crippen LogP contribution in [0.4, 0.5) is 0 Å². The van der Waals surface area contributed by atoms with Crippen LogP contribution in [0.1, 0.15) is 72.1 Å². The van der Waals surface area contributed by atoms with E-state index in [0.29, 0.717) is 12.0 Å². The van der Waals surface area contributed by atoms with Crippen LogP contribution >= 0.6 is 0 Å². The molecule has 0 heterocycles. The van der Waals surface area contributed by atoms with Crippen molar-refractivity contribution in [1.82, 2.24) is 0 Å². The summed E-state index contributed by atoms with van der Waals surface area (Å²) in [6.45, 7) is 0. The van der Waals surface area contributed by atoms with Crippen LogP contribution in [-0.2, 0) is 0 Å². The second kappa shape index (κ2) is 6.07. The Morgan fingerprint density at radius 1 is 1.00 bits per heavy atom. The molecule has 0 radical (unpaired) electrons. The highest BCUT2D eigenvalue weighted by Gasteiger charge is 2.39. The lowest BCUT2D eigenvalue weighted by Crippen LogP contribution is -2.31. The van der Waals surface area contributed by atoms with Gasteiger partial charge in [0.15, 0.2) is 5.78 Å². The van der Waals surface area contributed by atoms with E-state index in [1.165, 1.54) is 37.0 Å². The maximum atomic E-state index is 12.7. The summed E-state index contributed by atoms with van der Waals surface area (Å²) in [5, 5.41) is 8.94. The Balaban J connectivity index is 1.79. The molecule has 0 spiro atoms. The third-order valence-corrected chi connectivity index (χ3v) is 5.24. The number of rotatable bonds is 4. The zero-order chi connectivity index (χ0) is 15.6. The van der Waals surface area contributed by atoms with Gasteiger partial charge in [-0.2, -0.15) is 0 Å². The second-order valence-electron chi connectivity index (χ2n) is 6.59. The standard InChI is InChI=1S/C19H22O3/c20-17(14-7-9-15(10-8-14)18(21)22)13-19-11-3-1-5-16(19)6-2-4-12-19/h5,7-10H,1-4,6,11-13H2,(H,21,22)/t19-/m0/s1. The minimum absolute atomic E-state index is 0.0824. The highest BCUT2D eigenvalue weighted by molar-refractivity contribution is 5.98. The molecule has 116 valence electrons. The first-order valence-corrected chi connectivity index (χ1v) is 8.17. The molecular formula is C19H22O3. The van der Waals surface area contributed by atoms with Gasteiger partial charge in [-0.15, -0.1) is 0 Å². The van der Waals surface area contributed by atoms with Crippen molar-refractivity contribution in [1.29, 1.82) is 0 Å². The summed E-state index contributed by atoms with van der Waals surface area (Å²) >= 11 is 0. The number of carbonyl (C=O) groups is 2. The number of hydrogen-bond donors (Lipinski definition) is 1. The molecule has 1 saturated carbocycles.